The molecule has 18 heavy (non-hydrogen) atoms. The van der Waals surface area contributed by atoms with Crippen molar-refractivity contribution in [1.29, 1.82) is 0 Å². The first-order chi connectivity index (χ1) is 8.71. The molecule has 0 saturated carbocycles. The van der Waals surface area contributed by atoms with Crippen LogP contribution in [0.15, 0.2) is 30.3 Å². The fraction of sp³-hybridized carbons (Fsp3) is 0.231. The Labute approximate surface area is 105 Å². The van der Waals surface area contributed by atoms with Crippen molar-refractivity contribution in [3.8, 4) is 11.6 Å². The molecule has 5 heteroatoms. The van der Waals surface area contributed by atoms with Crippen molar-refractivity contribution < 1.29 is 9.84 Å². The van der Waals surface area contributed by atoms with Crippen LogP contribution in [0.2, 0.25) is 0 Å². The summed E-state index contributed by atoms with van der Waals surface area (Å²) in [6.07, 6.45) is 0. The van der Waals surface area contributed by atoms with Crippen molar-refractivity contribution in [1.82, 2.24) is 9.97 Å². The summed E-state index contributed by atoms with van der Waals surface area (Å²) in [6, 6.07) is 8.97. The quantitative estimate of drug-likeness (QED) is 0.863. The van der Waals surface area contributed by atoms with E-state index >= 15 is 0 Å². The summed E-state index contributed by atoms with van der Waals surface area (Å²) in [4.78, 5) is 8.38. The average Bonchev–Trinajstić information content (AvgIpc) is 2.38. The standard InChI is InChI=1S/C13H15N3O2/c1-9-15-12(14-2)7-13(16-9)18-11-5-3-4-10(6-11)8-17/h3-7,17H,8H2,1-2H3,(H,14,15,16). The SMILES string of the molecule is CNc1cc(Oc2cccc(CO)c2)nc(C)n1. The molecule has 5 nitrogen and oxygen atoms in total. The van der Waals surface area contributed by atoms with Gasteiger partial charge in [-0.1, -0.05) is 12.1 Å². The highest BCUT2D eigenvalue weighted by Gasteiger charge is 2.03. The van der Waals surface area contributed by atoms with E-state index in [1.54, 1.807) is 26.1 Å². The summed E-state index contributed by atoms with van der Waals surface area (Å²) in [5.41, 5.74) is 0.798. The van der Waals surface area contributed by atoms with Crippen LogP contribution in [0.1, 0.15) is 11.4 Å². The number of ether oxygens (including phenoxy) is 1. The molecule has 2 aromatic rings. The normalized spacial score (nSPS) is 10.2. The van der Waals surface area contributed by atoms with Gasteiger partial charge in [0.15, 0.2) is 0 Å². The molecule has 1 heterocycles. The summed E-state index contributed by atoms with van der Waals surface area (Å²) in [5.74, 6) is 2.45. The van der Waals surface area contributed by atoms with Gasteiger partial charge in [-0.3, -0.25) is 0 Å². The number of hydrogen-bond acceptors (Lipinski definition) is 5. The van der Waals surface area contributed by atoms with Gasteiger partial charge in [0.05, 0.1) is 6.61 Å². The fourth-order valence-electron chi connectivity index (χ4n) is 1.55. The zero-order chi connectivity index (χ0) is 13.0. The second-order valence-corrected chi connectivity index (χ2v) is 3.80. The zero-order valence-electron chi connectivity index (χ0n) is 10.3. The largest absolute Gasteiger partial charge is 0.439 e. The third-order valence-corrected chi connectivity index (χ3v) is 2.37. The van der Waals surface area contributed by atoms with Gasteiger partial charge in [-0.05, 0) is 24.6 Å². The molecule has 94 valence electrons. The summed E-state index contributed by atoms with van der Waals surface area (Å²) in [6.45, 7) is 1.79. The third kappa shape index (κ3) is 2.95. The molecule has 0 bridgehead atoms. The Bertz CT molecular complexity index is 544. The lowest BCUT2D eigenvalue weighted by Gasteiger charge is -2.08. The van der Waals surface area contributed by atoms with Gasteiger partial charge < -0.3 is 15.2 Å². The molecule has 0 radical (unpaired) electrons. The van der Waals surface area contributed by atoms with Crippen LogP contribution in [0.5, 0.6) is 11.6 Å². The smallest absolute Gasteiger partial charge is 0.224 e. The number of benzene rings is 1. The van der Waals surface area contributed by atoms with Gasteiger partial charge in [-0.25, -0.2) is 4.98 Å². The highest BCUT2D eigenvalue weighted by molar-refractivity contribution is 5.39. The van der Waals surface area contributed by atoms with Gasteiger partial charge in [0.25, 0.3) is 0 Å². The van der Waals surface area contributed by atoms with E-state index in [2.05, 4.69) is 15.3 Å². The molecule has 0 spiro atoms. The first-order valence-electron chi connectivity index (χ1n) is 5.62. The van der Waals surface area contributed by atoms with E-state index in [9.17, 15) is 0 Å². The molecule has 0 aliphatic carbocycles. The van der Waals surface area contributed by atoms with E-state index in [0.29, 0.717) is 23.3 Å². The predicted octanol–water partition coefficient (Wildman–Crippen LogP) is 2.11. The number of aromatic nitrogens is 2. The van der Waals surface area contributed by atoms with Crippen LogP contribution in [-0.4, -0.2) is 22.1 Å². The molecule has 2 rings (SSSR count). The minimum Gasteiger partial charge on any atom is -0.439 e. The van der Waals surface area contributed by atoms with E-state index in [-0.39, 0.29) is 6.61 Å². The van der Waals surface area contributed by atoms with E-state index in [1.807, 2.05) is 18.2 Å². The Morgan fingerprint density at radius 3 is 2.83 bits per heavy atom. The fourth-order valence-corrected chi connectivity index (χ4v) is 1.55. The lowest BCUT2D eigenvalue weighted by atomic mass is 10.2. The summed E-state index contributed by atoms with van der Waals surface area (Å²) in [7, 11) is 1.79. The molecule has 0 amide bonds. The summed E-state index contributed by atoms with van der Waals surface area (Å²) >= 11 is 0. The molecular formula is C13H15N3O2. The Kier molecular flexibility index (Phi) is 3.74. The average molecular weight is 245 g/mol. The molecule has 0 unspecified atom stereocenters. The van der Waals surface area contributed by atoms with Crippen LogP contribution in [0.3, 0.4) is 0 Å². The van der Waals surface area contributed by atoms with Crippen LogP contribution in [0, 0.1) is 6.92 Å². The maximum atomic E-state index is 9.06. The van der Waals surface area contributed by atoms with Crippen molar-refractivity contribution in [2.75, 3.05) is 12.4 Å². The Morgan fingerprint density at radius 2 is 2.11 bits per heavy atom. The van der Waals surface area contributed by atoms with E-state index in [4.69, 9.17) is 9.84 Å². The van der Waals surface area contributed by atoms with E-state index in [1.165, 1.54) is 0 Å². The molecule has 0 saturated heterocycles. The minimum absolute atomic E-state index is 0.0121. The number of anilines is 1. The predicted molar refractivity (Wildman–Crippen MR) is 68.8 cm³/mol. The number of rotatable bonds is 4. The van der Waals surface area contributed by atoms with Crippen LogP contribution < -0.4 is 10.1 Å². The lowest BCUT2D eigenvalue weighted by molar-refractivity contribution is 0.281. The molecular weight excluding hydrogens is 230 g/mol. The molecule has 1 aromatic heterocycles. The molecule has 0 atom stereocenters. The van der Waals surface area contributed by atoms with Crippen molar-refractivity contribution in [2.24, 2.45) is 0 Å². The Hall–Kier alpha value is -2.14. The maximum Gasteiger partial charge on any atom is 0.224 e. The van der Waals surface area contributed by atoms with Crippen LogP contribution in [-0.2, 0) is 6.61 Å². The zero-order valence-corrected chi connectivity index (χ0v) is 10.3. The van der Waals surface area contributed by atoms with Gasteiger partial charge in [0, 0.05) is 13.1 Å². The van der Waals surface area contributed by atoms with Crippen LogP contribution in [0.4, 0.5) is 5.82 Å². The summed E-state index contributed by atoms with van der Waals surface area (Å²) in [5, 5.41) is 12.0. The van der Waals surface area contributed by atoms with Crippen LogP contribution >= 0.6 is 0 Å². The van der Waals surface area contributed by atoms with Crippen molar-refractivity contribution in [3.63, 3.8) is 0 Å². The second kappa shape index (κ2) is 5.46. The molecule has 0 aliphatic heterocycles. The van der Waals surface area contributed by atoms with Crippen LogP contribution in [0.25, 0.3) is 0 Å². The first kappa shape index (κ1) is 12.3. The highest BCUT2D eigenvalue weighted by Crippen LogP contribution is 2.22. The Morgan fingerprint density at radius 1 is 1.28 bits per heavy atom. The van der Waals surface area contributed by atoms with Gasteiger partial charge in [-0.2, -0.15) is 4.98 Å². The number of aryl methyl sites for hydroxylation is 1. The van der Waals surface area contributed by atoms with E-state index in [0.717, 1.165) is 5.56 Å². The van der Waals surface area contributed by atoms with Gasteiger partial charge >= 0.3 is 0 Å². The second-order valence-electron chi connectivity index (χ2n) is 3.80. The number of nitrogens with zero attached hydrogens (tertiary/aromatic N) is 2. The number of hydrogen-bond donors (Lipinski definition) is 2. The first-order valence-corrected chi connectivity index (χ1v) is 5.62. The maximum absolute atomic E-state index is 9.06. The van der Waals surface area contributed by atoms with Gasteiger partial charge in [0.2, 0.25) is 5.88 Å². The van der Waals surface area contributed by atoms with Gasteiger partial charge in [-0.15, -0.1) is 0 Å². The lowest BCUT2D eigenvalue weighted by Crippen LogP contribution is -1.98. The van der Waals surface area contributed by atoms with Crippen molar-refractivity contribution in [2.45, 2.75) is 13.5 Å². The van der Waals surface area contributed by atoms with Gasteiger partial charge in [0.1, 0.15) is 17.4 Å². The number of aliphatic hydroxyl groups is 1. The summed E-state index contributed by atoms with van der Waals surface area (Å²) < 4.78 is 5.64. The monoisotopic (exact) mass is 245 g/mol. The van der Waals surface area contributed by atoms with Crippen molar-refractivity contribution in [3.05, 3.63) is 41.7 Å². The molecule has 1 aromatic carbocycles. The molecule has 2 N–H and O–H groups in total. The third-order valence-electron chi connectivity index (χ3n) is 2.37. The topological polar surface area (TPSA) is 67.3 Å². The Balaban J connectivity index is 2.24. The molecule has 0 aliphatic rings. The molecule has 0 fully saturated rings. The number of aliphatic hydroxyl groups excluding tert-OH is 1. The minimum atomic E-state index is -0.0121. The number of nitrogens with one attached hydrogen (secondary N) is 1. The highest BCUT2D eigenvalue weighted by atomic mass is 16.5. The van der Waals surface area contributed by atoms with E-state index < -0.39 is 0 Å². The van der Waals surface area contributed by atoms with Crippen molar-refractivity contribution >= 4 is 5.82 Å².